The van der Waals surface area contributed by atoms with Gasteiger partial charge in [0.2, 0.25) is 0 Å². The number of allylic oxidation sites excluding steroid dienone is 1. The van der Waals surface area contributed by atoms with Crippen molar-refractivity contribution in [2.75, 3.05) is 13.1 Å². The molecule has 1 amide bonds. The number of hydrogen-bond donors (Lipinski definition) is 1. The van der Waals surface area contributed by atoms with Gasteiger partial charge in [0.15, 0.2) is 5.69 Å². The summed E-state index contributed by atoms with van der Waals surface area (Å²) in [5, 5.41) is 7.38. The number of carbonyl (C=O) groups is 1. The summed E-state index contributed by atoms with van der Waals surface area (Å²) < 4.78 is 0. The molecular formula is C18H19N3O. The van der Waals surface area contributed by atoms with Crippen molar-refractivity contribution in [1.82, 2.24) is 15.1 Å². The van der Waals surface area contributed by atoms with E-state index in [1.165, 1.54) is 5.56 Å². The van der Waals surface area contributed by atoms with Gasteiger partial charge in [0.25, 0.3) is 5.91 Å². The van der Waals surface area contributed by atoms with E-state index < -0.39 is 0 Å². The molecule has 4 nitrogen and oxygen atoms in total. The number of rotatable bonds is 2. The molecule has 1 aromatic heterocycles. The summed E-state index contributed by atoms with van der Waals surface area (Å²) in [5.41, 5.74) is 3.81. The average Bonchev–Trinajstić information content (AvgIpc) is 2.89. The number of likely N-dealkylation sites (tertiary alicyclic amines) is 1. The van der Waals surface area contributed by atoms with Gasteiger partial charge in [-0.05, 0) is 12.0 Å². The largest absolute Gasteiger partial charge is 0.337 e. The van der Waals surface area contributed by atoms with E-state index >= 15 is 0 Å². The Balaban J connectivity index is 1.67. The van der Waals surface area contributed by atoms with Crippen LogP contribution in [0.25, 0.3) is 6.08 Å². The van der Waals surface area contributed by atoms with E-state index in [1.807, 2.05) is 11.0 Å². The monoisotopic (exact) mass is 293 g/mol. The molecule has 22 heavy (non-hydrogen) atoms. The van der Waals surface area contributed by atoms with Gasteiger partial charge in [-0.25, -0.2) is 0 Å². The van der Waals surface area contributed by atoms with Crippen LogP contribution in [0.1, 0.15) is 40.7 Å². The molecule has 1 saturated heterocycles. The molecule has 1 aliphatic heterocycles. The third-order valence-electron chi connectivity index (χ3n) is 4.82. The van der Waals surface area contributed by atoms with Crippen molar-refractivity contribution in [2.45, 2.75) is 25.2 Å². The van der Waals surface area contributed by atoms with Gasteiger partial charge < -0.3 is 4.90 Å². The van der Waals surface area contributed by atoms with Crippen molar-refractivity contribution >= 4 is 12.0 Å². The predicted octanol–water partition coefficient (Wildman–Crippen LogP) is 2.78. The first-order chi connectivity index (χ1) is 10.7. The van der Waals surface area contributed by atoms with Crippen LogP contribution in [0.5, 0.6) is 0 Å². The average molecular weight is 293 g/mol. The summed E-state index contributed by atoms with van der Waals surface area (Å²) in [7, 11) is 0. The smallest absolute Gasteiger partial charge is 0.274 e. The van der Waals surface area contributed by atoms with E-state index in [-0.39, 0.29) is 11.3 Å². The highest BCUT2D eigenvalue weighted by Gasteiger charge is 2.33. The lowest BCUT2D eigenvalue weighted by atomic mass is 9.74. The standard InChI is InChI=1S/C18H19N3O/c1-18(13-6-3-2-4-7-13)9-8-14-15(12-18)19-20-16(14)17(22)21-10-5-11-21/h2-4,6-9H,5,10-12H2,1H3,(H,19,20). The van der Waals surface area contributed by atoms with E-state index in [0.29, 0.717) is 5.69 Å². The number of amides is 1. The maximum Gasteiger partial charge on any atom is 0.274 e. The number of aromatic amines is 1. The van der Waals surface area contributed by atoms with Crippen molar-refractivity contribution < 1.29 is 4.79 Å². The highest BCUT2D eigenvalue weighted by atomic mass is 16.2. The second-order valence-corrected chi connectivity index (χ2v) is 6.40. The molecule has 1 N–H and O–H groups in total. The van der Waals surface area contributed by atoms with Gasteiger partial charge in [-0.1, -0.05) is 49.4 Å². The predicted molar refractivity (Wildman–Crippen MR) is 85.6 cm³/mol. The minimum absolute atomic E-state index is 0.0525. The van der Waals surface area contributed by atoms with Crippen molar-refractivity contribution in [2.24, 2.45) is 0 Å². The number of H-pyrrole nitrogens is 1. The van der Waals surface area contributed by atoms with Crippen molar-refractivity contribution in [3.8, 4) is 0 Å². The van der Waals surface area contributed by atoms with E-state index in [4.69, 9.17) is 0 Å². The molecule has 0 spiro atoms. The molecule has 112 valence electrons. The molecule has 1 fully saturated rings. The third-order valence-corrected chi connectivity index (χ3v) is 4.82. The fourth-order valence-corrected chi connectivity index (χ4v) is 3.24. The molecule has 1 aromatic carbocycles. The van der Waals surface area contributed by atoms with Gasteiger partial charge in [0, 0.05) is 36.2 Å². The van der Waals surface area contributed by atoms with Crippen LogP contribution in [0.15, 0.2) is 36.4 Å². The number of carbonyl (C=O) groups excluding carboxylic acids is 1. The Labute approximate surface area is 129 Å². The Morgan fingerprint density at radius 1 is 1.27 bits per heavy atom. The van der Waals surface area contributed by atoms with E-state index in [2.05, 4.69) is 53.5 Å². The van der Waals surface area contributed by atoms with Crippen LogP contribution in [-0.4, -0.2) is 34.1 Å². The Morgan fingerprint density at radius 3 is 2.73 bits per heavy atom. The van der Waals surface area contributed by atoms with Crippen molar-refractivity contribution in [3.05, 3.63) is 58.9 Å². The molecule has 2 aromatic rings. The second-order valence-electron chi connectivity index (χ2n) is 6.40. The number of fused-ring (bicyclic) bond motifs is 1. The quantitative estimate of drug-likeness (QED) is 0.925. The minimum atomic E-state index is -0.0577. The first-order valence-corrected chi connectivity index (χ1v) is 7.79. The van der Waals surface area contributed by atoms with E-state index in [1.54, 1.807) is 0 Å². The Bertz CT molecular complexity index is 743. The topological polar surface area (TPSA) is 49.0 Å². The number of hydrogen-bond acceptors (Lipinski definition) is 2. The maximum atomic E-state index is 12.4. The lowest BCUT2D eigenvalue weighted by molar-refractivity contribution is 0.0645. The fraction of sp³-hybridized carbons (Fsp3) is 0.333. The lowest BCUT2D eigenvalue weighted by Gasteiger charge is -2.31. The molecule has 4 heteroatoms. The van der Waals surface area contributed by atoms with Crippen LogP contribution in [0.3, 0.4) is 0 Å². The fourth-order valence-electron chi connectivity index (χ4n) is 3.24. The van der Waals surface area contributed by atoms with Gasteiger partial charge in [-0.3, -0.25) is 9.89 Å². The molecule has 1 atom stereocenters. The van der Waals surface area contributed by atoms with Gasteiger partial charge in [-0.15, -0.1) is 0 Å². The van der Waals surface area contributed by atoms with Crippen LogP contribution in [0.4, 0.5) is 0 Å². The summed E-state index contributed by atoms with van der Waals surface area (Å²) in [5.74, 6) is 0.0525. The Hall–Kier alpha value is -2.36. The zero-order valence-electron chi connectivity index (χ0n) is 12.7. The Morgan fingerprint density at radius 2 is 2.05 bits per heavy atom. The second kappa shape index (κ2) is 4.83. The van der Waals surface area contributed by atoms with Crippen molar-refractivity contribution in [1.29, 1.82) is 0 Å². The van der Waals surface area contributed by atoms with E-state index in [0.717, 1.165) is 37.2 Å². The van der Waals surface area contributed by atoms with Crippen LogP contribution in [-0.2, 0) is 11.8 Å². The van der Waals surface area contributed by atoms with Crippen LogP contribution in [0, 0.1) is 0 Å². The number of nitrogens with zero attached hydrogens (tertiary/aromatic N) is 2. The van der Waals surface area contributed by atoms with Crippen molar-refractivity contribution in [3.63, 3.8) is 0 Å². The van der Waals surface area contributed by atoms with Gasteiger partial charge in [0.05, 0.1) is 0 Å². The van der Waals surface area contributed by atoms with Gasteiger partial charge in [-0.2, -0.15) is 5.10 Å². The molecule has 2 heterocycles. The number of benzene rings is 1. The minimum Gasteiger partial charge on any atom is -0.337 e. The first-order valence-electron chi connectivity index (χ1n) is 7.79. The molecule has 1 unspecified atom stereocenters. The molecule has 4 rings (SSSR count). The number of aromatic nitrogens is 2. The van der Waals surface area contributed by atoms with Gasteiger partial charge >= 0.3 is 0 Å². The Kier molecular flexibility index (Phi) is 2.93. The summed E-state index contributed by atoms with van der Waals surface area (Å²) in [6, 6.07) is 10.5. The SMILES string of the molecule is CC1(c2ccccc2)C=Cc2c(C(=O)N3CCC3)n[nH]c2C1. The number of nitrogens with one attached hydrogen (secondary N) is 1. The lowest BCUT2D eigenvalue weighted by Crippen LogP contribution is -2.42. The highest BCUT2D eigenvalue weighted by Crippen LogP contribution is 2.36. The van der Waals surface area contributed by atoms with Gasteiger partial charge in [0.1, 0.15) is 0 Å². The van der Waals surface area contributed by atoms with E-state index in [9.17, 15) is 4.79 Å². The highest BCUT2D eigenvalue weighted by molar-refractivity contribution is 5.97. The molecule has 0 saturated carbocycles. The summed E-state index contributed by atoms with van der Waals surface area (Å²) >= 11 is 0. The molecule has 0 radical (unpaired) electrons. The summed E-state index contributed by atoms with van der Waals surface area (Å²) in [6.07, 6.45) is 6.19. The molecular weight excluding hydrogens is 274 g/mol. The van der Waals surface area contributed by atoms with Crippen LogP contribution >= 0.6 is 0 Å². The zero-order valence-corrected chi connectivity index (χ0v) is 12.7. The van der Waals surface area contributed by atoms with Crippen LogP contribution < -0.4 is 0 Å². The maximum absolute atomic E-state index is 12.4. The normalized spacial score (nSPS) is 23.0. The third kappa shape index (κ3) is 1.98. The molecule has 0 bridgehead atoms. The zero-order chi connectivity index (χ0) is 15.2. The summed E-state index contributed by atoms with van der Waals surface area (Å²) in [4.78, 5) is 14.3. The van der Waals surface area contributed by atoms with Crippen LogP contribution in [0.2, 0.25) is 0 Å². The first kappa shape index (κ1) is 13.3. The summed E-state index contributed by atoms with van der Waals surface area (Å²) in [6.45, 7) is 3.93. The molecule has 2 aliphatic rings. The molecule has 1 aliphatic carbocycles.